The minimum Gasteiger partial charge on any atom is -0.345 e. The standard InChI is InChI=1S/C19H19NO3S/c21-18(13-15-11-12-24(22,23)14-15)20-19(16-7-3-1-4-8-16)17-9-5-2-6-10-17/h1-12,15,19H,13-14H2,(H,20,21). The number of rotatable bonds is 5. The molecule has 0 saturated heterocycles. The van der Waals surface area contributed by atoms with Gasteiger partial charge in [-0.25, -0.2) is 8.42 Å². The molecule has 2 aromatic carbocycles. The van der Waals surface area contributed by atoms with E-state index in [9.17, 15) is 13.2 Å². The van der Waals surface area contributed by atoms with Crippen LogP contribution in [0.1, 0.15) is 23.6 Å². The van der Waals surface area contributed by atoms with E-state index in [1.165, 1.54) is 5.41 Å². The molecule has 0 aliphatic carbocycles. The van der Waals surface area contributed by atoms with Gasteiger partial charge in [0.25, 0.3) is 0 Å². The maximum absolute atomic E-state index is 12.4. The fraction of sp³-hybridized carbons (Fsp3) is 0.211. The zero-order valence-electron chi connectivity index (χ0n) is 13.1. The van der Waals surface area contributed by atoms with Gasteiger partial charge in [-0.15, -0.1) is 0 Å². The van der Waals surface area contributed by atoms with Gasteiger partial charge in [-0.05, 0) is 11.1 Å². The molecule has 1 atom stereocenters. The lowest BCUT2D eigenvalue weighted by Crippen LogP contribution is -2.31. The molecule has 0 fully saturated rings. The van der Waals surface area contributed by atoms with Crippen molar-refractivity contribution in [3.8, 4) is 0 Å². The summed E-state index contributed by atoms with van der Waals surface area (Å²) in [6.07, 6.45) is 1.78. The van der Waals surface area contributed by atoms with Crippen LogP contribution >= 0.6 is 0 Å². The Morgan fingerprint density at radius 2 is 1.54 bits per heavy atom. The summed E-state index contributed by atoms with van der Waals surface area (Å²) in [6.45, 7) is 0. The fourth-order valence-electron chi connectivity index (χ4n) is 2.88. The van der Waals surface area contributed by atoms with Crippen LogP contribution in [0.5, 0.6) is 0 Å². The smallest absolute Gasteiger partial charge is 0.221 e. The third-order valence-electron chi connectivity index (χ3n) is 4.02. The van der Waals surface area contributed by atoms with Crippen LogP contribution in [0.4, 0.5) is 0 Å². The summed E-state index contributed by atoms with van der Waals surface area (Å²) in [5.41, 5.74) is 1.98. The van der Waals surface area contributed by atoms with E-state index in [1.807, 2.05) is 60.7 Å². The normalized spacial score (nSPS) is 18.6. The van der Waals surface area contributed by atoms with E-state index in [2.05, 4.69) is 5.32 Å². The minimum absolute atomic E-state index is 0.0156. The van der Waals surface area contributed by atoms with Crippen LogP contribution in [0.2, 0.25) is 0 Å². The molecule has 1 aliphatic rings. The van der Waals surface area contributed by atoms with E-state index in [0.717, 1.165) is 11.1 Å². The van der Waals surface area contributed by atoms with Gasteiger partial charge in [0.05, 0.1) is 11.8 Å². The Hall–Kier alpha value is -2.40. The van der Waals surface area contributed by atoms with Crippen LogP contribution in [-0.2, 0) is 14.6 Å². The number of hydrogen-bond acceptors (Lipinski definition) is 3. The zero-order chi connectivity index (χ0) is 17.0. The number of benzene rings is 2. The largest absolute Gasteiger partial charge is 0.345 e. The Labute approximate surface area is 142 Å². The van der Waals surface area contributed by atoms with Crippen molar-refractivity contribution in [2.24, 2.45) is 5.92 Å². The Morgan fingerprint density at radius 3 is 2.00 bits per heavy atom. The molecule has 0 saturated carbocycles. The van der Waals surface area contributed by atoms with E-state index in [1.54, 1.807) is 6.08 Å². The van der Waals surface area contributed by atoms with Crippen LogP contribution < -0.4 is 5.32 Å². The lowest BCUT2D eigenvalue weighted by Gasteiger charge is -2.20. The highest BCUT2D eigenvalue weighted by molar-refractivity contribution is 7.94. The highest BCUT2D eigenvalue weighted by atomic mass is 32.2. The summed E-state index contributed by atoms with van der Waals surface area (Å²) in [6, 6.07) is 19.2. The highest BCUT2D eigenvalue weighted by Crippen LogP contribution is 2.23. The van der Waals surface area contributed by atoms with Crippen LogP contribution in [0.15, 0.2) is 72.1 Å². The Morgan fingerprint density at radius 1 is 1.00 bits per heavy atom. The zero-order valence-corrected chi connectivity index (χ0v) is 13.9. The molecule has 0 spiro atoms. The SMILES string of the molecule is O=C(CC1C=CS(=O)(=O)C1)NC(c1ccccc1)c1ccccc1. The van der Waals surface area contributed by atoms with E-state index in [4.69, 9.17) is 0 Å². The van der Waals surface area contributed by atoms with Crippen molar-refractivity contribution in [1.82, 2.24) is 5.32 Å². The van der Waals surface area contributed by atoms with E-state index in [0.29, 0.717) is 0 Å². The molecule has 1 N–H and O–H groups in total. The third kappa shape index (κ3) is 4.11. The summed E-state index contributed by atoms with van der Waals surface area (Å²) in [7, 11) is -3.13. The first-order chi connectivity index (χ1) is 11.5. The molecule has 1 amide bonds. The van der Waals surface area contributed by atoms with Crippen molar-refractivity contribution in [3.63, 3.8) is 0 Å². The quantitative estimate of drug-likeness (QED) is 0.909. The molecule has 1 aliphatic heterocycles. The molecule has 5 heteroatoms. The fourth-order valence-corrected chi connectivity index (χ4v) is 4.27. The molecular formula is C19H19NO3S. The number of carbonyl (C=O) groups excluding carboxylic acids is 1. The Kier molecular flexibility index (Phi) is 4.81. The number of nitrogens with one attached hydrogen (secondary N) is 1. The average Bonchev–Trinajstić information content (AvgIpc) is 2.93. The van der Waals surface area contributed by atoms with Crippen molar-refractivity contribution in [3.05, 3.63) is 83.3 Å². The van der Waals surface area contributed by atoms with Crippen molar-refractivity contribution >= 4 is 15.7 Å². The predicted molar refractivity (Wildman–Crippen MR) is 93.9 cm³/mol. The second kappa shape index (κ2) is 7.01. The number of allylic oxidation sites excluding steroid dienone is 1. The molecule has 1 heterocycles. The van der Waals surface area contributed by atoms with E-state index >= 15 is 0 Å². The number of carbonyl (C=O) groups is 1. The second-order valence-corrected chi connectivity index (χ2v) is 7.88. The van der Waals surface area contributed by atoms with E-state index in [-0.39, 0.29) is 30.0 Å². The summed E-state index contributed by atoms with van der Waals surface area (Å²) in [4.78, 5) is 12.4. The molecule has 0 bridgehead atoms. The van der Waals surface area contributed by atoms with Gasteiger partial charge in [-0.3, -0.25) is 4.79 Å². The van der Waals surface area contributed by atoms with Crippen LogP contribution in [0, 0.1) is 5.92 Å². The molecule has 1 unspecified atom stereocenters. The van der Waals surface area contributed by atoms with Crippen molar-refractivity contribution in [1.29, 1.82) is 0 Å². The van der Waals surface area contributed by atoms with Crippen LogP contribution in [0.3, 0.4) is 0 Å². The lowest BCUT2D eigenvalue weighted by molar-refractivity contribution is -0.122. The molecule has 0 radical (unpaired) electrons. The second-order valence-electron chi connectivity index (χ2n) is 5.94. The molecule has 24 heavy (non-hydrogen) atoms. The van der Waals surface area contributed by atoms with Gasteiger partial charge in [-0.1, -0.05) is 66.7 Å². The lowest BCUT2D eigenvalue weighted by atomic mass is 9.98. The maximum Gasteiger partial charge on any atom is 0.221 e. The summed E-state index contributed by atoms with van der Waals surface area (Å²) < 4.78 is 22.9. The summed E-state index contributed by atoms with van der Waals surface area (Å²) >= 11 is 0. The Balaban J connectivity index is 1.75. The van der Waals surface area contributed by atoms with Crippen molar-refractivity contribution in [2.45, 2.75) is 12.5 Å². The Bertz CT molecular complexity index is 790. The monoisotopic (exact) mass is 341 g/mol. The first-order valence-corrected chi connectivity index (χ1v) is 9.55. The molecule has 0 aromatic heterocycles. The molecular weight excluding hydrogens is 322 g/mol. The molecule has 3 rings (SSSR count). The topological polar surface area (TPSA) is 63.2 Å². The van der Waals surface area contributed by atoms with Gasteiger partial charge < -0.3 is 5.32 Å². The van der Waals surface area contributed by atoms with Crippen molar-refractivity contribution in [2.75, 3.05) is 5.75 Å². The average molecular weight is 341 g/mol. The number of amides is 1. The maximum atomic E-state index is 12.4. The summed E-state index contributed by atoms with van der Waals surface area (Å²) in [5, 5.41) is 4.24. The van der Waals surface area contributed by atoms with Crippen LogP contribution in [0.25, 0.3) is 0 Å². The van der Waals surface area contributed by atoms with E-state index < -0.39 is 9.84 Å². The predicted octanol–water partition coefficient (Wildman–Crippen LogP) is 2.84. The van der Waals surface area contributed by atoms with Crippen LogP contribution in [-0.4, -0.2) is 20.1 Å². The molecule has 4 nitrogen and oxygen atoms in total. The van der Waals surface area contributed by atoms with Gasteiger partial charge in [0.15, 0.2) is 9.84 Å². The first kappa shape index (κ1) is 16.5. The minimum atomic E-state index is -3.13. The number of sulfone groups is 1. The molecule has 2 aromatic rings. The van der Waals surface area contributed by atoms with Gasteiger partial charge in [0.2, 0.25) is 5.91 Å². The van der Waals surface area contributed by atoms with Crippen molar-refractivity contribution < 1.29 is 13.2 Å². The third-order valence-corrected chi connectivity index (χ3v) is 5.49. The van der Waals surface area contributed by atoms with Gasteiger partial charge >= 0.3 is 0 Å². The highest BCUT2D eigenvalue weighted by Gasteiger charge is 2.25. The molecule has 124 valence electrons. The van der Waals surface area contributed by atoms with Gasteiger partial charge in [-0.2, -0.15) is 0 Å². The summed E-state index contributed by atoms with van der Waals surface area (Å²) in [5.74, 6) is -0.386. The van der Waals surface area contributed by atoms with Gasteiger partial charge in [0, 0.05) is 17.7 Å². The van der Waals surface area contributed by atoms with Gasteiger partial charge in [0.1, 0.15) is 0 Å². The number of hydrogen-bond donors (Lipinski definition) is 1. The first-order valence-electron chi connectivity index (χ1n) is 7.84.